The fraction of sp³-hybridized carbons (Fsp3) is 0.364. The lowest BCUT2D eigenvalue weighted by atomic mass is 9.93. The fourth-order valence-corrected chi connectivity index (χ4v) is 6.17. The van der Waals surface area contributed by atoms with Gasteiger partial charge in [0.2, 0.25) is 17.7 Å². The molecule has 0 radical (unpaired) electrons. The number of rotatable bonds is 19. The number of benzene rings is 4. The van der Waals surface area contributed by atoms with E-state index in [2.05, 4.69) is 26.6 Å². The molecule has 0 saturated heterocycles. The van der Waals surface area contributed by atoms with E-state index in [1.54, 1.807) is 13.8 Å². The van der Waals surface area contributed by atoms with Crippen LogP contribution >= 0.6 is 0 Å². The van der Waals surface area contributed by atoms with Crippen LogP contribution in [0.1, 0.15) is 62.9 Å². The minimum absolute atomic E-state index is 0.0260. The molecule has 4 aromatic carbocycles. The van der Waals surface area contributed by atoms with Gasteiger partial charge in [-0.3, -0.25) is 19.7 Å². The third kappa shape index (κ3) is 13.4. The molecule has 0 bridgehead atoms. The zero-order valence-corrected chi connectivity index (χ0v) is 32.3. The number of carbonyl (C=O) groups is 4. The fourth-order valence-electron chi connectivity index (χ4n) is 6.17. The third-order valence-corrected chi connectivity index (χ3v) is 9.38. The molecule has 0 aromatic heterocycles. The monoisotopic (exact) mass is 749 g/mol. The smallest absolute Gasteiger partial charge is 0.408 e. The molecular weight excluding hydrogens is 695 g/mol. The first-order valence-corrected chi connectivity index (χ1v) is 18.9. The summed E-state index contributed by atoms with van der Waals surface area (Å²) in [6, 6.07) is 32.8. The Balaban J connectivity index is 1.59. The van der Waals surface area contributed by atoms with Gasteiger partial charge in [0.1, 0.15) is 24.7 Å². The van der Waals surface area contributed by atoms with E-state index in [4.69, 9.17) is 4.74 Å². The summed E-state index contributed by atoms with van der Waals surface area (Å²) in [6.45, 7) is 9.43. The second kappa shape index (κ2) is 21.4. The summed E-state index contributed by atoms with van der Waals surface area (Å²) in [7, 11) is 0. The van der Waals surface area contributed by atoms with Crippen LogP contribution in [-0.4, -0.2) is 59.2 Å². The van der Waals surface area contributed by atoms with E-state index in [0.29, 0.717) is 0 Å². The molecule has 0 aliphatic heterocycles. The van der Waals surface area contributed by atoms with Gasteiger partial charge in [0, 0.05) is 12.6 Å². The number of amides is 4. The van der Waals surface area contributed by atoms with Gasteiger partial charge in [-0.15, -0.1) is 0 Å². The first-order valence-electron chi connectivity index (χ1n) is 18.9. The quantitative estimate of drug-likeness (QED) is 0.0770. The van der Waals surface area contributed by atoms with Gasteiger partial charge in [-0.05, 0) is 47.4 Å². The first-order chi connectivity index (χ1) is 26.4. The maximum absolute atomic E-state index is 14.4. The molecule has 6 atom stereocenters. The van der Waals surface area contributed by atoms with Crippen LogP contribution in [0.2, 0.25) is 0 Å². The molecule has 5 unspecified atom stereocenters. The van der Waals surface area contributed by atoms with Crippen LogP contribution in [0.25, 0.3) is 0 Å². The molecule has 6 N–H and O–H groups in total. The van der Waals surface area contributed by atoms with Gasteiger partial charge >= 0.3 is 6.09 Å². The molecule has 0 aliphatic carbocycles. The van der Waals surface area contributed by atoms with Gasteiger partial charge in [0.15, 0.2) is 0 Å². The number of hydrogen-bond acceptors (Lipinski definition) is 7. The van der Waals surface area contributed by atoms with Crippen LogP contribution in [0, 0.1) is 11.8 Å². The number of aliphatic hydroxyl groups is 1. The molecule has 292 valence electrons. The van der Waals surface area contributed by atoms with E-state index in [-0.39, 0.29) is 37.3 Å². The Labute approximate surface area is 324 Å². The average Bonchev–Trinajstić information content (AvgIpc) is 3.19. The predicted octanol–water partition coefficient (Wildman–Crippen LogP) is 5.20. The van der Waals surface area contributed by atoms with Crippen LogP contribution < -0.4 is 26.6 Å². The number of carbonyl (C=O) groups excluding carboxylic acids is 4. The van der Waals surface area contributed by atoms with E-state index in [1.807, 2.05) is 142 Å². The van der Waals surface area contributed by atoms with Crippen molar-refractivity contribution in [2.45, 2.75) is 90.5 Å². The topological polar surface area (TPSA) is 158 Å². The van der Waals surface area contributed by atoms with Crippen molar-refractivity contribution in [2.75, 3.05) is 0 Å². The van der Waals surface area contributed by atoms with E-state index < -0.39 is 54.2 Å². The van der Waals surface area contributed by atoms with Crippen molar-refractivity contribution in [3.63, 3.8) is 0 Å². The molecule has 55 heavy (non-hydrogen) atoms. The van der Waals surface area contributed by atoms with Crippen LogP contribution in [0.4, 0.5) is 4.79 Å². The molecule has 0 fully saturated rings. The largest absolute Gasteiger partial charge is 0.445 e. The molecule has 11 heteroatoms. The number of hydrogen-bond donors (Lipinski definition) is 6. The Morgan fingerprint density at radius 2 is 1.04 bits per heavy atom. The minimum atomic E-state index is -1.49. The lowest BCUT2D eigenvalue weighted by Gasteiger charge is -2.35. The maximum Gasteiger partial charge on any atom is 0.408 e. The SMILES string of the molecule is CC(NC(C(=O)N[C@@H](C(=O)NCc1ccccc1)C(C)C)C(O)C(Cc1ccccc1)NC(=O)C(NC(=O)OCc1ccccc1)C(C)C)c1ccccc1. The van der Waals surface area contributed by atoms with Crippen molar-refractivity contribution in [3.8, 4) is 0 Å². The molecular formula is C44H55N5O6. The molecule has 4 aromatic rings. The van der Waals surface area contributed by atoms with Gasteiger partial charge in [-0.1, -0.05) is 149 Å². The Kier molecular flexibility index (Phi) is 16.4. The summed E-state index contributed by atoms with van der Waals surface area (Å²) < 4.78 is 5.41. The lowest BCUT2D eigenvalue weighted by molar-refractivity contribution is -0.134. The van der Waals surface area contributed by atoms with Crippen molar-refractivity contribution in [3.05, 3.63) is 144 Å². The lowest BCUT2D eigenvalue weighted by Crippen LogP contribution is -2.63. The van der Waals surface area contributed by atoms with E-state index >= 15 is 0 Å². The van der Waals surface area contributed by atoms with Crippen molar-refractivity contribution in [1.29, 1.82) is 0 Å². The highest BCUT2D eigenvalue weighted by Gasteiger charge is 2.38. The van der Waals surface area contributed by atoms with Crippen molar-refractivity contribution in [1.82, 2.24) is 26.6 Å². The van der Waals surface area contributed by atoms with Crippen LogP contribution in [0.5, 0.6) is 0 Å². The van der Waals surface area contributed by atoms with E-state index in [0.717, 1.165) is 22.3 Å². The molecule has 0 aliphatic rings. The summed E-state index contributed by atoms with van der Waals surface area (Å²) in [5.74, 6) is -2.17. The van der Waals surface area contributed by atoms with Crippen molar-refractivity contribution >= 4 is 23.8 Å². The second-order valence-corrected chi connectivity index (χ2v) is 14.4. The Bertz CT molecular complexity index is 1780. The summed E-state index contributed by atoms with van der Waals surface area (Å²) in [5.41, 5.74) is 3.38. The number of aliphatic hydroxyl groups excluding tert-OH is 1. The summed E-state index contributed by atoms with van der Waals surface area (Å²) in [5, 5.41) is 27.0. The molecule has 11 nitrogen and oxygen atoms in total. The zero-order chi connectivity index (χ0) is 39.7. The van der Waals surface area contributed by atoms with E-state index in [9.17, 15) is 24.3 Å². The predicted molar refractivity (Wildman–Crippen MR) is 213 cm³/mol. The van der Waals surface area contributed by atoms with E-state index in [1.165, 1.54) is 0 Å². The maximum atomic E-state index is 14.4. The normalized spacial score (nSPS) is 14.5. The van der Waals surface area contributed by atoms with Crippen LogP contribution in [0.3, 0.4) is 0 Å². The second-order valence-electron chi connectivity index (χ2n) is 14.4. The van der Waals surface area contributed by atoms with Crippen molar-refractivity contribution < 1.29 is 29.0 Å². The Morgan fingerprint density at radius 3 is 1.58 bits per heavy atom. The van der Waals surface area contributed by atoms with Crippen LogP contribution in [-0.2, 0) is 38.7 Å². The molecule has 0 spiro atoms. The Hall–Kier alpha value is -5.52. The van der Waals surface area contributed by atoms with Crippen molar-refractivity contribution in [2.24, 2.45) is 11.8 Å². The van der Waals surface area contributed by atoms with Crippen LogP contribution in [0.15, 0.2) is 121 Å². The summed E-state index contributed by atoms with van der Waals surface area (Å²) >= 11 is 0. The number of ether oxygens (including phenoxy) is 1. The minimum Gasteiger partial charge on any atom is -0.445 e. The number of alkyl carbamates (subject to hydrolysis) is 1. The molecule has 4 amide bonds. The third-order valence-electron chi connectivity index (χ3n) is 9.38. The highest BCUT2D eigenvalue weighted by molar-refractivity contribution is 5.90. The Morgan fingerprint density at radius 1 is 0.564 bits per heavy atom. The standard InChI is InChI=1S/C44H55N5O6/c1-29(2)37(41(51)45-27-33-20-12-7-13-21-33)48-43(53)39(46-31(5)35-24-16-9-17-25-35)40(50)36(26-32-18-10-6-11-19-32)47-42(52)38(30(3)4)49-44(54)55-28-34-22-14-8-15-23-34/h6-25,29-31,36-40,46,50H,26-28H2,1-5H3,(H,45,51)(H,47,52)(H,48,53)(H,49,54)/t31?,36?,37-,38?,39?,40?/m1/s1. The molecule has 0 heterocycles. The summed E-state index contributed by atoms with van der Waals surface area (Å²) in [6.07, 6.45) is -2.10. The van der Waals surface area contributed by atoms with Gasteiger partial charge < -0.3 is 31.1 Å². The highest BCUT2D eigenvalue weighted by atomic mass is 16.5. The van der Waals surface area contributed by atoms with Gasteiger partial charge in [-0.2, -0.15) is 0 Å². The zero-order valence-electron chi connectivity index (χ0n) is 32.3. The van der Waals surface area contributed by atoms with Gasteiger partial charge in [0.25, 0.3) is 0 Å². The number of nitrogens with one attached hydrogen (secondary N) is 5. The highest BCUT2D eigenvalue weighted by Crippen LogP contribution is 2.18. The summed E-state index contributed by atoms with van der Waals surface area (Å²) in [4.78, 5) is 54.8. The first kappa shape index (κ1) is 42.2. The van der Waals surface area contributed by atoms with Gasteiger partial charge in [-0.25, -0.2) is 4.79 Å². The molecule has 0 saturated carbocycles. The molecule has 4 rings (SSSR count). The van der Waals surface area contributed by atoms with Gasteiger partial charge in [0.05, 0.1) is 12.1 Å². The average molecular weight is 750 g/mol.